The Hall–Kier alpha value is -3.17. The number of hydrogen-bond acceptors (Lipinski definition) is 5. The van der Waals surface area contributed by atoms with Crippen LogP contribution >= 0.6 is 0 Å². The molecule has 7 rings (SSSR count). The largest absolute Gasteiger partial charge is 0.488 e. The predicted molar refractivity (Wildman–Crippen MR) is 153 cm³/mol. The highest BCUT2D eigenvalue weighted by molar-refractivity contribution is 7.89. The van der Waals surface area contributed by atoms with E-state index in [9.17, 15) is 12.8 Å². The van der Waals surface area contributed by atoms with E-state index in [1.165, 1.54) is 17.7 Å². The third-order valence-corrected chi connectivity index (χ3v) is 11.3. The highest BCUT2D eigenvalue weighted by Gasteiger charge is 2.48. The molecule has 0 saturated heterocycles. The minimum Gasteiger partial charge on any atom is -0.488 e. The standard InChI is InChI=1S/C31H35FN4O3S/c1-31-17-22-18-33-36(26-12-10-25(32)11-13-26)28(22)16-23(31)8-9-24(31)20-35(19-21-6-7-21)40(37,38)29-5-3-4-27-30(29)39-15-14-34(27)2/h3-5,10-13,16,18,21,24H,6-9,14-15,17,19-20H2,1-2H3/t24-,31+/m1/s1. The highest BCUT2D eigenvalue weighted by Crippen LogP contribution is 2.54. The highest BCUT2D eigenvalue weighted by atomic mass is 32.2. The minimum atomic E-state index is -3.75. The van der Waals surface area contributed by atoms with Gasteiger partial charge in [0.1, 0.15) is 17.3 Å². The molecular formula is C31H35FN4O3S. The van der Waals surface area contributed by atoms with Crippen molar-refractivity contribution in [2.75, 3.05) is 38.2 Å². The van der Waals surface area contributed by atoms with Crippen molar-refractivity contribution in [1.82, 2.24) is 14.1 Å². The predicted octanol–water partition coefficient (Wildman–Crippen LogP) is 5.30. The fraction of sp³-hybridized carbons (Fsp3) is 0.452. The molecule has 2 fully saturated rings. The third-order valence-electron chi connectivity index (χ3n) is 9.47. The second-order valence-electron chi connectivity index (χ2n) is 12.1. The number of halogens is 1. The summed E-state index contributed by atoms with van der Waals surface area (Å²) in [6.45, 7) is 4.55. The number of fused-ring (bicyclic) bond motifs is 3. The summed E-state index contributed by atoms with van der Waals surface area (Å²) in [6.07, 6.45) is 9.00. The molecular weight excluding hydrogens is 527 g/mol. The number of nitrogens with zero attached hydrogens (tertiary/aromatic N) is 4. The Kier molecular flexibility index (Phi) is 6.09. The summed E-state index contributed by atoms with van der Waals surface area (Å²) in [7, 11) is -1.78. The average Bonchev–Trinajstić information content (AvgIpc) is 3.59. The number of benzene rings is 2. The number of likely N-dealkylation sites (N-methyl/N-ethyl adjacent to an activating group) is 1. The smallest absolute Gasteiger partial charge is 0.246 e. The van der Waals surface area contributed by atoms with Gasteiger partial charge in [-0.05, 0) is 97.4 Å². The van der Waals surface area contributed by atoms with Gasteiger partial charge < -0.3 is 9.64 Å². The normalized spacial score (nSPS) is 23.9. The van der Waals surface area contributed by atoms with Gasteiger partial charge >= 0.3 is 0 Å². The van der Waals surface area contributed by atoms with Crippen molar-refractivity contribution in [2.45, 2.75) is 43.9 Å². The van der Waals surface area contributed by atoms with Crippen LogP contribution < -0.4 is 9.64 Å². The van der Waals surface area contributed by atoms with Crippen molar-refractivity contribution in [3.05, 3.63) is 71.3 Å². The molecule has 210 valence electrons. The van der Waals surface area contributed by atoms with Gasteiger partial charge in [-0.25, -0.2) is 17.5 Å². The lowest BCUT2D eigenvalue weighted by molar-refractivity contribution is 0.217. The summed E-state index contributed by atoms with van der Waals surface area (Å²) in [5.41, 5.74) is 5.05. The molecule has 1 aromatic heterocycles. The van der Waals surface area contributed by atoms with E-state index in [4.69, 9.17) is 4.74 Å². The molecule has 2 heterocycles. The molecule has 3 aromatic rings. The zero-order chi connectivity index (χ0) is 27.6. The number of aromatic nitrogens is 2. The molecule has 40 heavy (non-hydrogen) atoms. The molecule has 4 aliphatic rings. The van der Waals surface area contributed by atoms with E-state index in [1.807, 2.05) is 30.1 Å². The van der Waals surface area contributed by atoms with E-state index < -0.39 is 10.0 Å². The van der Waals surface area contributed by atoms with Crippen LogP contribution in [0.15, 0.2) is 59.1 Å². The van der Waals surface area contributed by atoms with Crippen LogP contribution in [0.4, 0.5) is 10.1 Å². The van der Waals surface area contributed by atoms with Gasteiger partial charge in [0.2, 0.25) is 10.0 Å². The third kappa shape index (κ3) is 4.25. The number of hydrogen-bond donors (Lipinski definition) is 0. The van der Waals surface area contributed by atoms with E-state index in [0.717, 1.165) is 61.3 Å². The molecule has 0 spiro atoms. The van der Waals surface area contributed by atoms with Crippen molar-refractivity contribution in [3.63, 3.8) is 0 Å². The van der Waals surface area contributed by atoms with E-state index in [0.29, 0.717) is 31.4 Å². The van der Waals surface area contributed by atoms with Gasteiger partial charge in [0.25, 0.3) is 0 Å². The molecule has 0 N–H and O–H groups in total. The van der Waals surface area contributed by atoms with Crippen LogP contribution in [0, 0.1) is 23.1 Å². The molecule has 7 nitrogen and oxygen atoms in total. The summed E-state index contributed by atoms with van der Waals surface area (Å²) in [5, 5.41) is 4.64. The van der Waals surface area contributed by atoms with E-state index in [-0.39, 0.29) is 22.0 Å². The first-order chi connectivity index (χ1) is 19.2. The second kappa shape index (κ2) is 9.45. The molecule has 9 heteroatoms. The number of ether oxygens (including phenoxy) is 1. The number of allylic oxidation sites excluding steroid dienone is 1. The zero-order valence-electron chi connectivity index (χ0n) is 23.0. The van der Waals surface area contributed by atoms with Gasteiger partial charge in [0.15, 0.2) is 5.75 Å². The quantitative estimate of drug-likeness (QED) is 0.391. The van der Waals surface area contributed by atoms with Gasteiger partial charge in [0.05, 0.1) is 29.8 Å². The number of anilines is 1. The number of para-hydroxylation sites is 1. The maximum atomic E-state index is 14.3. The minimum absolute atomic E-state index is 0.145. The molecule has 2 saturated carbocycles. The van der Waals surface area contributed by atoms with Gasteiger partial charge in [0, 0.05) is 20.1 Å². The van der Waals surface area contributed by atoms with Gasteiger partial charge in [-0.2, -0.15) is 9.40 Å². The topological polar surface area (TPSA) is 67.7 Å². The lowest BCUT2D eigenvalue weighted by Crippen LogP contribution is -2.42. The van der Waals surface area contributed by atoms with Gasteiger partial charge in [-0.1, -0.05) is 18.6 Å². The van der Waals surface area contributed by atoms with Crippen molar-refractivity contribution in [3.8, 4) is 11.4 Å². The van der Waals surface area contributed by atoms with Crippen LogP contribution in [0.5, 0.6) is 5.75 Å². The van der Waals surface area contributed by atoms with Gasteiger partial charge in [-0.15, -0.1) is 0 Å². The van der Waals surface area contributed by atoms with Crippen LogP contribution in [0.3, 0.4) is 0 Å². The van der Waals surface area contributed by atoms with E-state index >= 15 is 0 Å². The second-order valence-corrected chi connectivity index (χ2v) is 14.0. The maximum absolute atomic E-state index is 14.3. The Morgan fingerprint density at radius 2 is 1.93 bits per heavy atom. The van der Waals surface area contributed by atoms with Crippen molar-refractivity contribution >= 4 is 21.8 Å². The monoisotopic (exact) mass is 562 g/mol. The molecule has 2 atom stereocenters. The number of sulfonamides is 1. The Labute approximate surface area is 235 Å². The molecule has 2 aromatic carbocycles. The van der Waals surface area contributed by atoms with E-state index in [2.05, 4.69) is 23.0 Å². The SMILES string of the molecule is CN1CCOc2c1cccc2S(=O)(=O)N(CC1CC1)C[C@H]1CCC2=Cc3c(cnn3-c3ccc(F)cc3)C[C@@]21C. The molecule has 0 amide bonds. The Balaban J connectivity index is 1.20. The van der Waals surface area contributed by atoms with Crippen LogP contribution in [0.2, 0.25) is 0 Å². The van der Waals surface area contributed by atoms with Crippen LogP contribution in [0.25, 0.3) is 11.8 Å². The summed E-state index contributed by atoms with van der Waals surface area (Å²) in [5.74, 6) is 0.826. The lowest BCUT2D eigenvalue weighted by Gasteiger charge is -2.38. The number of rotatable bonds is 7. The molecule has 3 aliphatic carbocycles. The first-order valence-electron chi connectivity index (χ1n) is 14.2. The maximum Gasteiger partial charge on any atom is 0.246 e. The van der Waals surface area contributed by atoms with Gasteiger partial charge in [-0.3, -0.25) is 0 Å². The van der Waals surface area contributed by atoms with Crippen molar-refractivity contribution < 1.29 is 17.5 Å². The molecule has 0 bridgehead atoms. The summed E-state index contributed by atoms with van der Waals surface area (Å²) < 4.78 is 51.7. The molecule has 0 unspecified atom stereocenters. The Morgan fingerprint density at radius 3 is 2.70 bits per heavy atom. The Morgan fingerprint density at radius 1 is 1.12 bits per heavy atom. The Bertz CT molecular complexity index is 1590. The molecule has 0 radical (unpaired) electrons. The van der Waals surface area contributed by atoms with Crippen LogP contribution in [-0.4, -0.2) is 55.8 Å². The van der Waals surface area contributed by atoms with Crippen molar-refractivity contribution in [2.24, 2.45) is 17.3 Å². The fourth-order valence-corrected chi connectivity index (χ4v) is 8.53. The summed E-state index contributed by atoms with van der Waals surface area (Å²) in [6, 6.07) is 11.9. The van der Waals surface area contributed by atoms with E-state index in [1.54, 1.807) is 22.5 Å². The van der Waals surface area contributed by atoms with Crippen molar-refractivity contribution in [1.29, 1.82) is 0 Å². The first kappa shape index (κ1) is 25.8. The van der Waals surface area contributed by atoms with Crippen LogP contribution in [0.1, 0.15) is 43.9 Å². The first-order valence-corrected chi connectivity index (χ1v) is 15.7. The fourth-order valence-electron chi connectivity index (χ4n) is 6.82. The zero-order valence-corrected chi connectivity index (χ0v) is 23.8. The average molecular weight is 563 g/mol. The van der Waals surface area contributed by atoms with Crippen LogP contribution in [-0.2, 0) is 16.4 Å². The lowest BCUT2D eigenvalue weighted by atomic mass is 9.70. The summed E-state index contributed by atoms with van der Waals surface area (Å²) >= 11 is 0. The molecule has 1 aliphatic heterocycles. The summed E-state index contributed by atoms with van der Waals surface area (Å²) in [4.78, 5) is 2.34.